The Morgan fingerprint density at radius 2 is 1.94 bits per heavy atom. The summed E-state index contributed by atoms with van der Waals surface area (Å²) in [6, 6.07) is 3.23. The summed E-state index contributed by atoms with van der Waals surface area (Å²) in [5.41, 5.74) is 2.84. The van der Waals surface area contributed by atoms with Gasteiger partial charge in [-0.25, -0.2) is 18.4 Å². The van der Waals surface area contributed by atoms with Crippen molar-refractivity contribution in [2.24, 2.45) is 7.05 Å². The summed E-state index contributed by atoms with van der Waals surface area (Å²) in [6.45, 7) is 9.17. The lowest BCUT2D eigenvalue weighted by molar-refractivity contribution is 0.0941. The molecule has 35 heavy (non-hydrogen) atoms. The van der Waals surface area contributed by atoms with Crippen LogP contribution in [0.25, 0.3) is 17.0 Å². The highest BCUT2D eigenvalue weighted by molar-refractivity contribution is 7.92. The number of aryl methyl sites for hydroxylation is 3. The largest absolute Gasteiger partial charge is 0.495 e. The van der Waals surface area contributed by atoms with Crippen molar-refractivity contribution >= 4 is 32.7 Å². The van der Waals surface area contributed by atoms with Crippen LogP contribution in [0.5, 0.6) is 5.75 Å². The molecular formula is C23H28N6O4S2. The number of fused-ring (bicyclic) bond motifs is 1. The maximum Gasteiger partial charge on any atom is 0.269 e. The van der Waals surface area contributed by atoms with Gasteiger partial charge in [-0.1, -0.05) is 0 Å². The maximum atomic E-state index is 13.2. The number of hydrogen-bond donors (Lipinski definition) is 1. The van der Waals surface area contributed by atoms with Crippen molar-refractivity contribution in [2.45, 2.75) is 50.8 Å². The van der Waals surface area contributed by atoms with E-state index < -0.39 is 14.6 Å². The van der Waals surface area contributed by atoms with Gasteiger partial charge in [0.05, 0.1) is 36.0 Å². The number of pyridine rings is 1. The van der Waals surface area contributed by atoms with Gasteiger partial charge in [0.15, 0.2) is 9.84 Å². The molecule has 186 valence electrons. The number of rotatable bonds is 6. The lowest BCUT2D eigenvalue weighted by atomic mass is 10.3. The highest BCUT2D eigenvalue weighted by Gasteiger charge is 2.34. The number of nitrogens with zero attached hydrogens (tertiary/aromatic N) is 5. The Morgan fingerprint density at radius 1 is 1.23 bits per heavy atom. The van der Waals surface area contributed by atoms with Crippen LogP contribution in [-0.4, -0.2) is 50.3 Å². The molecule has 0 saturated heterocycles. The maximum absolute atomic E-state index is 13.2. The molecule has 0 unspecified atom stereocenters. The second kappa shape index (κ2) is 8.76. The number of carbonyl (C=O) groups is 1. The van der Waals surface area contributed by atoms with E-state index in [2.05, 4.69) is 20.4 Å². The molecule has 4 heterocycles. The molecule has 4 rings (SSSR count). The van der Waals surface area contributed by atoms with Crippen LogP contribution in [0.2, 0.25) is 0 Å². The third kappa shape index (κ3) is 4.43. The number of carbonyl (C=O) groups excluding carboxylic acids is 1. The van der Waals surface area contributed by atoms with E-state index in [0.29, 0.717) is 29.3 Å². The van der Waals surface area contributed by atoms with Gasteiger partial charge in [-0.3, -0.25) is 13.9 Å². The van der Waals surface area contributed by atoms with Crippen LogP contribution in [-0.2, 0) is 23.4 Å². The monoisotopic (exact) mass is 516 g/mol. The average Bonchev–Trinajstić information content (AvgIpc) is 3.46. The number of hydrogen-bond acceptors (Lipinski definition) is 8. The minimum Gasteiger partial charge on any atom is -0.495 e. The molecule has 0 fully saturated rings. The fraction of sp³-hybridized carbons (Fsp3) is 0.391. The summed E-state index contributed by atoms with van der Waals surface area (Å²) < 4.78 is 33.9. The van der Waals surface area contributed by atoms with Gasteiger partial charge in [-0.05, 0) is 40.7 Å². The van der Waals surface area contributed by atoms with Gasteiger partial charge in [0.2, 0.25) is 0 Å². The minimum atomic E-state index is -3.71. The van der Waals surface area contributed by atoms with Crippen molar-refractivity contribution in [3.8, 4) is 17.1 Å². The van der Waals surface area contributed by atoms with Crippen LogP contribution in [0, 0.1) is 13.8 Å². The van der Waals surface area contributed by atoms with E-state index in [1.807, 2.05) is 13.8 Å². The van der Waals surface area contributed by atoms with Crippen LogP contribution in [0.1, 0.15) is 46.8 Å². The molecule has 0 atom stereocenters. The van der Waals surface area contributed by atoms with Crippen LogP contribution in [0.15, 0.2) is 29.4 Å². The number of amides is 1. The molecule has 0 aromatic carbocycles. The van der Waals surface area contributed by atoms with Gasteiger partial charge >= 0.3 is 0 Å². The van der Waals surface area contributed by atoms with Gasteiger partial charge in [0.1, 0.15) is 32.7 Å². The molecule has 0 saturated carbocycles. The van der Waals surface area contributed by atoms with Gasteiger partial charge in [-0.2, -0.15) is 5.10 Å². The van der Waals surface area contributed by atoms with Crippen molar-refractivity contribution < 1.29 is 17.9 Å². The lowest BCUT2D eigenvalue weighted by Crippen LogP contribution is -2.28. The minimum absolute atomic E-state index is 0.0576. The average molecular weight is 517 g/mol. The Bertz CT molecular complexity index is 1520. The Hall–Kier alpha value is -3.25. The normalized spacial score (nSPS) is 12.3. The Morgan fingerprint density at radius 3 is 2.54 bits per heavy atom. The fourth-order valence-electron chi connectivity index (χ4n) is 3.53. The molecule has 0 radical (unpaired) electrons. The zero-order valence-corrected chi connectivity index (χ0v) is 22.3. The molecular weight excluding hydrogens is 488 g/mol. The number of imidazole rings is 1. The highest BCUT2D eigenvalue weighted by atomic mass is 32.2. The molecule has 4 aromatic heterocycles. The summed E-state index contributed by atoms with van der Waals surface area (Å²) in [4.78, 5) is 22.9. The Kier molecular flexibility index (Phi) is 6.22. The second-order valence-electron chi connectivity index (χ2n) is 9.16. The molecule has 0 aliphatic heterocycles. The van der Waals surface area contributed by atoms with Crippen molar-refractivity contribution in [3.05, 3.63) is 45.8 Å². The van der Waals surface area contributed by atoms with Crippen LogP contribution in [0.4, 0.5) is 0 Å². The van der Waals surface area contributed by atoms with Crippen molar-refractivity contribution in [3.63, 3.8) is 0 Å². The predicted octanol–water partition coefficient (Wildman–Crippen LogP) is 3.32. The molecule has 4 aromatic rings. The molecule has 12 heteroatoms. The number of aromatic nitrogens is 5. The van der Waals surface area contributed by atoms with Crippen molar-refractivity contribution in [1.29, 1.82) is 0 Å². The summed E-state index contributed by atoms with van der Waals surface area (Å²) in [5, 5.41) is 8.20. The highest BCUT2D eigenvalue weighted by Crippen LogP contribution is 2.34. The first-order chi connectivity index (χ1) is 16.3. The molecule has 0 spiro atoms. The van der Waals surface area contributed by atoms with E-state index in [1.54, 1.807) is 61.9 Å². The van der Waals surface area contributed by atoms with Gasteiger partial charge < -0.3 is 10.1 Å². The van der Waals surface area contributed by atoms with Crippen molar-refractivity contribution in [2.75, 3.05) is 7.11 Å². The van der Waals surface area contributed by atoms with E-state index in [1.165, 1.54) is 18.0 Å². The Labute approximate surface area is 207 Å². The number of ether oxygens (including phenoxy) is 1. The number of nitrogens with one attached hydrogen (secondary N) is 1. The van der Waals surface area contributed by atoms with Gasteiger partial charge in [0, 0.05) is 24.2 Å². The number of sulfone groups is 1. The summed E-state index contributed by atoms with van der Waals surface area (Å²) in [6.07, 6.45) is 3.09. The van der Waals surface area contributed by atoms with Crippen LogP contribution >= 0.6 is 11.3 Å². The topological polar surface area (TPSA) is 120 Å². The smallest absolute Gasteiger partial charge is 0.269 e. The quantitative estimate of drug-likeness (QED) is 0.417. The zero-order valence-electron chi connectivity index (χ0n) is 20.7. The second-order valence-corrected chi connectivity index (χ2v) is 13.1. The first-order valence-corrected chi connectivity index (χ1v) is 13.2. The van der Waals surface area contributed by atoms with Crippen LogP contribution in [0.3, 0.4) is 0 Å². The zero-order chi connectivity index (χ0) is 25.7. The van der Waals surface area contributed by atoms with Gasteiger partial charge in [-0.15, -0.1) is 11.3 Å². The first-order valence-electron chi connectivity index (χ1n) is 10.9. The first kappa shape index (κ1) is 24.9. The predicted molar refractivity (Wildman–Crippen MR) is 134 cm³/mol. The molecule has 10 nitrogen and oxygen atoms in total. The molecule has 1 amide bonds. The number of thiazole rings is 1. The van der Waals surface area contributed by atoms with Crippen molar-refractivity contribution in [1.82, 2.24) is 29.5 Å². The third-order valence-electron chi connectivity index (χ3n) is 5.74. The van der Waals surface area contributed by atoms with E-state index in [4.69, 9.17) is 4.74 Å². The fourth-order valence-corrected chi connectivity index (χ4v) is 5.72. The standard InChI is InChI=1S/C23H28N6O4S2/c1-13-14(2)34-21(26-13)11-25-22(30)16-8-15(27-28(16)6)17-10-24-20-9-18(33-7)19(12-29(17)20)35(31,32)23(3,4)5/h8-10,12H,11H2,1-7H3,(H,25,30). The summed E-state index contributed by atoms with van der Waals surface area (Å²) >= 11 is 1.55. The molecule has 0 bridgehead atoms. The molecule has 1 N–H and O–H groups in total. The summed E-state index contributed by atoms with van der Waals surface area (Å²) in [5.74, 6) is -0.0680. The van der Waals surface area contributed by atoms with E-state index in [9.17, 15) is 13.2 Å². The van der Waals surface area contributed by atoms with E-state index in [-0.39, 0.29) is 16.6 Å². The summed E-state index contributed by atoms with van der Waals surface area (Å²) in [7, 11) is -0.603. The molecule has 0 aliphatic rings. The van der Waals surface area contributed by atoms with E-state index >= 15 is 0 Å². The molecule has 0 aliphatic carbocycles. The SMILES string of the molecule is COc1cc2ncc(-c3cc(C(=O)NCc4nc(C)c(C)s4)n(C)n3)n2cc1S(=O)(=O)C(C)(C)C. The van der Waals surface area contributed by atoms with Crippen LogP contribution < -0.4 is 10.1 Å². The van der Waals surface area contributed by atoms with Gasteiger partial charge in [0.25, 0.3) is 5.91 Å². The number of methoxy groups -OCH3 is 1. The van der Waals surface area contributed by atoms with E-state index in [0.717, 1.165) is 15.6 Å². The third-order valence-corrected chi connectivity index (χ3v) is 9.31. The Balaban J connectivity index is 1.70. The lowest BCUT2D eigenvalue weighted by Gasteiger charge is -2.21.